The summed E-state index contributed by atoms with van der Waals surface area (Å²) in [6.07, 6.45) is 0.353. The first-order chi connectivity index (χ1) is 13.6. The molecule has 0 spiro atoms. The zero-order valence-electron chi connectivity index (χ0n) is 15.0. The maximum atomic E-state index is 13.1. The fourth-order valence-corrected chi connectivity index (χ4v) is 4.59. The minimum atomic E-state index is -1.34. The van der Waals surface area contributed by atoms with Crippen molar-refractivity contribution >= 4 is 28.2 Å². The van der Waals surface area contributed by atoms with Crippen LogP contribution < -0.4 is 0 Å². The molecule has 28 heavy (non-hydrogen) atoms. The SMILES string of the molecule is O=C1c2ccccc2C(O)(Cc2cccc3ccccc23)c2cccc(Cl)c21. The monoisotopic (exact) mass is 384 g/mol. The third kappa shape index (κ3) is 2.42. The summed E-state index contributed by atoms with van der Waals surface area (Å²) in [5.74, 6) is -0.140. The normalized spacial score (nSPS) is 18.0. The molecule has 0 amide bonds. The third-order valence-corrected chi connectivity index (χ3v) is 5.94. The quantitative estimate of drug-likeness (QED) is 0.494. The molecule has 0 saturated heterocycles. The van der Waals surface area contributed by atoms with Crippen molar-refractivity contribution in [2.75, 3.05) is 0 Å². The topological polar surface area (TPSA) is 37.3 Å². The molecule has 1 unspecified atom stereocenters. The molecule has 4 aromatic carbocycles. The van der Waals surface area contributed by atoms with E-state index in [1.54, 1.807) is 24.3 Å². The van der Waals surface area contributed by atoms with Crippen LogP contribution in [0.5, 0.6) is 0 Å². The van der Waals surface area contributed by atoms with E-state index in [1.165, 1.54) is 0 Å². The summed E-state index contributed by atoms with van der Waals surface area (Å²) in [6, 6.07) is 26.8. The molecule has 1 atom stereocenters. The first-order valence-electron chi connectivity index (χ1n) is 9.22. The number of fused-ring (bicyclic) bond motifs is 3. The van der Waals surface area contributed by atoms with Crippen molar-refractivity contribution in [2.24, 2.45) is 0 Å². The predicted molar refractivity (Wildman–Crippen MR) is 112 cm³/mol. The minimum Gasteiger partial charge on any atom is -0.380 e. The smallest absolute Gasteiger partial charge is 0.195 e. The number of benzene rings is 4. The fraction of sp³-hybridized carbons (Fsp3) is 0.0800. The molecule has 0 heterocycles. The fourth-order valence-electron chi connectivity index (χ4n) is 4.33. The zero-order chi connectivity index (χ0) is 19.3. The van der Waals surface area contributed by atoms with E-state index in [0.717, 1.165) is 16.3 Å². The summed E-state index contributed by atoms with van der Waals surface area (Å²) < 4.78 is 0. The summed E-state index contributed by atoms with van der Waals surface area (Å²) in [6.45, 7) is 0. The first-order valence-corrected chi connectivity index (χ1v) is 9.59. The largest absolute Gasteiger partial charge is 0.380 e. The maximum absolute atomic E-state index is 13.1. The number of halogens is 1. The van der Waals surface area contributed by atoms with Gasteiger partial charge < -0.3 is 5.11 Å². The highest BCUT2D eigenvalue weighted by atomic mass is 35.5. The molecule has 5 rings (SSSR count). The second kappa shape index (κ2) is 6.30. The van der Waals surface area contributed by atoms with Crippen molar-refractivity contribution in [2.45, 2.75) is 12.0 Å². The molecule has 0 saturated carbocycles. The van der Waals surface area contributed by atoms with Gasteiger partial charge in [0.05, 0.1) is 5.02 Å². The standard InChI is InChI=1S/C25H17ClO2/c26-22-14-6-13-21-23(22)24(27)19-11-3-4-12-20(19)25(21,28)15-17-9-5-8-16-7-1-2-10-18(16)17/h1-14,28H,15H2. The average molecular weight is 385 g/mol. The molecule has 0 radical (unpaired) electrons. The number of aliphatic hydroxyl groups is 1. The van der Waals surface area contributed by atoms with E-state index < -0.39 is 5.60 Å². The molecule has 4 aromatic rings. The number of hydrogen-bond donors (Lipinski definition) is 1. The molecule has 0 bridgehead atoms. The van der Waals surface area contributed by atoms with Gasteiger partial charge in [0.15, 0.2) is 5.78 Å². The summed E-state index contributed by atoms with van der Waals surface area (Å²) in [4.78, 5) is 13.1. The maximum Gasteiger partial charge on any atom is 0.195 e. The average Bonchev–Trinajstić information content (AvgIpc) is 2.72. The van der Waals surface area contributed by atoms with Gasteiger partial charge in [0.1, 0.15) is 5.60 Å². The summed E-state index contributed by atoms with van der Waals surface area (Å²) in [7, 11) is 0. The molecule has 0 aliphatic heterocycles. The molecular formula is C25H17ClO2. The van der Waals surface area contributed by atoms with Gasteiger partial charge in [0, 0.05) is 23.1 Å². The van der Waals surface area contributed by atoms with E-state index in [0.29, 0.717) is 33.7 Å². The lowest BCUT2D eigenvalue weighted by molar-refractivity contribution is 0.0724. The highest BCUT2D eigenvalue weighted by molar-refractivity contribution is 6.35. The number of rotatable bonds is 2. The van der Waals surface area contributed by atoms with Gasteiger partial charge in [-0.3, -0.25) is 4.79 Å². The Kier molecular flexibility index (Phi) is 3.87. The van der Waals surface area contributed by atoms with Crippen LogP contribution in [0.3, 0.4) is 0 Å². The van der Waals surface area contributed by atoms with Crippen LogP contribution in [-0.4, -0.2) is 10.9 Å². The van der Waals surface area contributed by atoms with E-state index in [1.807, 2.05) is 42.5 Å². The van der Waals surface area contributed by atoms with E-state index in [4.69, 9.17) is 11.6 Å². The van der Waals surface area contributed by atoms with Crippen molar-refractivity contribution in [1.82, 2.24) is 0 Å². The lowest BCUT2D eigenvalue weighted by Gasteiger charge is -2.36. The van der Waals surface area contributed by atoms with Crippen molar-refractivity contribution in [3.05, 3.63) is 118 Å². The number of ketones is 1. The van der Waals surface area contributed by atoms with Crippen LogP contribution in [0.25, 0.3) is 10.8 Å². The first kappa shape index (κ1) is 17.2. The van der Waals surface area contributed by atoms with Crippen LogP contribution in [-0.2, 0) is 12.0 Å². The van der Waals surface area contributed by atoms with Crippen molar-refractivity contribution in [1.29, 1.82) is 0 Å². The van der Waals surface area contributed by atoms with Crippen LogP contribution >= 0.6 is 11.6 Å². The molecule has 0 aromatic heterocycles. The molecule has 1 aliphatic rings. The van der Waals surface area contributed by atoms with Crippen molar-refractivity contribution in [3.8, 4) is 0 Å². The summed E-state index contributed by atoms with van der Waals surface area (Å²) >= 11 is 6.40. The molecular weight excluding hydrogens is 368 g/mol. The van der Waals surface area contributed by atoms with Crippen LogP contribution in [0.4, 0.5) is 0 Å². The van der Waals surface area contributed by atoms with Gasteiger partial charge in [-0.15, -0.1) is 0 Å². The molecule has 1 N–H and O–H groups in total. The Morgan fingerprint density at radius 3 is 2.36 bits per heavy atom. The van der Waals surface area contributed by atoms with Crippen molar-refractivity contribution < 1.29 is 9.90 Å². The van der Waals surface area contributed by atoms with Gasteiger partial charge in [-0.05, 0) is 28.0 Å². The molecule has 1 aliphatic carbocycles. The summed E-state index contributed by atoms with van der Waals surface area (Å²) in [5, 5.41) is 14.6. The second-order valence-corrected chi connectivity index (χ2v) is 7.62. The molecule has 3 heteroatoms. The highest BCUT2D eigenvalue weighted by Gasteiger charge is 2.43. The minimum absolute atomic E-state index is 0.140. The number of carbonyl (C=O) groups excluding carboxylic acids is 1. The Morgan fingerprint density at radius 1 is 0.786 bits per heavy atom. The van der Waals surface area contributed by atoms with E-state index >= 15 is 0 Å². The third-order valence-electron chi connectivity index (χ3n) is 5.63. The van der Waals surface area contributed by atoms with Gasteiger partial charge in [0.2, 0.25) is 0 Å². The summed E-state index contributed by atoms with van der Waals surface area (Å²) in [5.41, 5.74) is 1.78. The number of carbonyl (C=O) groups is 1. The lowest BCUT2D eigenvalue weighted by atomic mass is 9.71. The highest BCUT2D eigenvalue weighted by Crippen LogP contribution is 2.44. The van der Waals surface area contributed by atoms with Crippen LogP contribution in [0.1, 0.15) is 32.6 Å². The Labute approximate surface area is 168 Å². The van der Waals surface area contributed by atoms with E-state index in [2.05, 4.69) is 18.2 Å². The van der Waals surface area contributed by atoms with Gasteiger partial charge in [0.25, 0.3) is 0 Å². The predicted octanol–water partition coefficient (Wildman–Crippen LogP) is 5.52. The second-order valence-electron chi connectivity index (χ2n) is 7.21. The van der Waals surface area contributed by atoms with Gasteiger partial charge in [-0.25, -0.2) is 0 Å². The van der Waals surface area contributed by atoms with E-state index in [-0.39, 0.29) is 5.78 Å². The Hall–Kier alpha value is -2.94. The van der Waals surface area contributed by atoms with Crippen molar-refractivity contribution in [3.63, 3.8) is 0 Å². The number of hydrogen-bond acceptors (Lipinski definition) is 2. The van der Waals surface area contributed by atoms with Gasteiger partial charge in [-0.1, -0.05) is 90.5 Å². The van der Waals surface area contributed by atoms with Crippen LogP contribution in [0.15, 0.2) is 84.9 Å². The lowest BCUT2D eigenvalue weighted by Crippen LogP contribution is -2.37. The Bertz CT molecular complexity index is 1240. The van der Waals surface area contributed by atoms with E-state index in [9.17, 15) is 9.90 Å². The van der Waals surface area contributed by atoms with Gasteiger partial charge >= 0.3 is 0 Å². The zero-order valence-corrected chi connectivity index (χ0v) is 15.8. The Balaban J connectivity index is 1.78. The molecule has 0 fully saturated rings. The molecule has 2 nitrogen and oxygen atoms in total. The molecule has 136 valence electrons. The van der Waals surface area contributed by atoms with Crippen LogP contribution in [0.2, 0.25) is 5.02 Å². The Morgan fingerprint density at radius 2 is 1.46 bits per heavy atom. The van der Waals surface area contributed by atoms with Gasteiger partial charge in [-0.2, -0.15) is 0 Å². The van der Waals surface area contributed by atoms with Crippen LogP contribution in [0, 0.1) is 0 Å².